The fourth-order valence-corrected chi connectivity index (χ4v) is 3.01. The van der Waals surface area contributed by atoms with Crippen LogP contribution in [0.3, 0.4) is 0 Å². The van der Waals surface area contributed by atoms with E-state index in [9.17, 15) is 0 Å². The first kappa shape index (κ1) is 15.0. The molecule has 0 spiro atoms. The van der Waals surface area contributed by atoms with Gasteiger partial charge in [0.05, 0.1) is 24.0 Å². The quantitative estimate of drug-likeness (QED) is 0.788. The van der Waals surface area contributed by atoms with Crippen molar-refractivity contribution in [2.75, 3.05) is 19.7 Å². The van der Waals surface area contributed by atoms with Gasteiger partial charge in [0.1, 0.15) is 0 Å². The summed E-state index contributed by atoms with van der Waals surface area (Å²) in [6.07, 6.45) is 9.45. The molecule has 0 radical (unpaired) electrons. The Labute approximate surface area is 140 Å². The Hall–Kier alpha value is -2.54. The molecule has 0 bridgehead atoms. The molecule has 4 rings (SSSR count). The second-order valence-corrected chi connectivity index (χ2v) is 6.16. The van der Waals surface area contributed by atoms with E-state index in [1.165, 1.54) is 12.8 Å². The first-order valence-corrected chi connectivity index (χ1v) is 8.24. The number of ether oxygens (including phenoxy) is 1. The van der Waals surface area contributed by atoms with Gasteiger partial charge in [0, 0.05) is 43.7 Å². The van der Waals surface area contributed by atoms with Crippen LogP contribution in [0.25, 0.3) is 22.3 Å². The summed E-state index contributed by atoms with van der Waals surface area (Å²) in [5.41, 5.74) is 3.22. The molecule has 1 atom stereocenters. The monoisotopic (exact) mass is 324 g/mol. The molecule has 1 fully saturated rings. The number of fused-ring (bicyclic) bond motifs is 1. The summed E-state index contributed by atoms with van der Waals surface area (Å²) in [6, 6.07) is 1.92. The van der Waals surface area contributed by atoms with E-state index in [4.69, 9.17) is 4.74 Å². The summed E-state index contributed by atoms with van der Waals surface area (Å²) in [4.78, 5) is 13.5. The normalized spacial score (nSPS) is 18.0. The molecule has 124 valence electrons. The Morgan fingerprint density at radius 2 is 2.25 bits per heavy atom. The molecule has 1 aliphatic rings. The SMILES string of the molecule is Cn1cc(-c2cc3nccnc3c(OC[C@H]3CCCNC3)n2)cn1. The van der Waals surface area contributed by atoms with Crippen molar-refractivity contribution in [3.05, 3.63) is 30.9 Å². The maximum atomic E-state index is 6.05. The van der Waals surface area contributed by atoms with Crippen molar-refractivity contribution in [1.29, 1.82) is 0 Å². The zero-order valence-corrected chi connectivity index (χ0v) is 13.6. The molecule has 1 N–H and O–H groups in total. The molecule has 4 heterocycles. The lowest BCUT2D eigenvalue weighted by atomic mass is 10.0. The topological polar surface area (TPSA) is 77.8 Å². The third-order valence-electron chi connectivity index (χ3n) is 4.28. The van der Waals surface area contributed by atoms with Crippen molar-refractivity contribution in [3.8, 4) is 17.1 Å². The molecule has 0 amide bonds. The number of hydrogen-bond donors (Lipinski definition) is 1. The highest BCUT2D eigenvalue weighted by molar-refractivity contribution is 5.83. The van der Waals surface area contributed by atoms with E-state index in [-0.39, 0.29) is 0 Å². The number of nitrogens with zero attached hydrogens (tertiary/aromatic N) is 5. The number of aromatic nitrogens is 5. The highest BCUT2D eigenvalue weighted by Crippen LogP contribution is 2.27. The number of aryl methyl sites for hydroxylation is 1. The van der Waals surface area contributed by atoms with Crippen LogP contribution >= 0.6 is 0 Å². The van der Waals surface area contributed by atoms with Gasteiger partial charge in [-0.25, -0.2) is 9.97 Å². The second-order valence-electron chi connectivity index (χ2n) is 6.16. The highest BCUT2D eigenvalue weighted by Gasteiger charge is 2.16. The van der Waals surface area contributed by atoms with Crippen molar-refractivity contribution in [3.63, 3.8) is 0 Å². The number of nitrogens with one attached hydrogen (secondary N) is 1. The van der Waals surface area contributed by atoms with Gasteiger partial charge in [0.2, 0.25) is 5.88 Å². The Balaban J connectivity index is 1.66. The highest BCUT2D eigenvalue weighted by atomic mass is 16.5. The molecular weight excluding hydrogens is 304 g/mol. The van der Waals surface area contributed by atoms with Crippen molar-refractivity contribution in [2.24, 2.45) is 13.0 Å². The van der Waals surface area contributed by atoms with Crippen LogP contribution in [0.5, 0.6) is 5.88 Å². The summed E-state index contributed by atoms with van der Waals surface area (Å²) in [5.74, 6) is 1.05. The zero-order valence-electron chi connectivity index (χ0n) is 13.6. The van der Waals surface area contributed by atoms with Crippen LogP contribution in [0.15, 0.2) is 30.9 Å². The number of pyridine rings is 1. The summed E-state index contributed by atoms with van der Waals surface area (Å²) in [5, 5.41) is 7.62. The third kappa shape index (κ3) is 3.07. The van der Waals surface area contributed by atoms with Gasteiger partial charge >= 0.3 is 0 Å². The minimum absolute atomic E-state index is 0.509. The molecule has 7 nitrogen and oxygen atoms in total. The Kier molecular flexibility index (Phi) is 4.08. The summed E-state index contributed by atoms with van der Waals surface area (Å²) >= 11 is 0. The maximum Gasteiger partial charge on any atom is 0.242 e. The summed E-state index contributed by atoms with van der Waals surface area (Å²) in [6.45, 7) is 2.73. The van der Waals surface area contributed by atoms with Crippen LogP contribution in [0, 0.1) is 5.92 Å². The second kappa shape index (κ2) is 6.52. The first-order chi connectivity index (χ1) is 11.8. The largest absolute Gasteiger partial charge is 0.476 e. The van der Waals surface area contributed by atoms with E-state index in [1.54, 1.807) is 23.3 Å². The van der Waals surface area contributed by atoms with Crippen LogP contribution < -0.4 is 10.1 Å². The van der Waals surface area contributed by atoms with E-state index in [1.807, 2.05) is 19.3 Å². The van der Waals surface area contributed by atoms with Crippen LogP contribution in [0.2, 0.25) is 0 Å². The molecular formula is C17H20N6O. The average molecular weight is 324 g/mol. The predicted octanol–water partition coefficient (Wildman–Crippen LogP) is 1.80. The van der Waals surface area contributed by atoms with Gasteiger partial charge in [-0.15, -0.1) is 0 Å². The Bertz CT molecular complexity index is 840. The van der Waals surface area contributed by atoms with Crippen LogP contribution in [-0.2, 0) is 7.05 Å². The van der Waals surface area contributed by atoms with Crippen LogP contribution in [0.1, 0.15) is 12.8 Å². The molecule has 0 aromatic carbocycles. The van der Waals surface area contributed by atoms with Gasteiger partial charge in [-0.2, -0.15) is 5.10 Å². The van der Waals surface area contributed by atoms with E-state index in [0.717, 1.165) is 29.9 Å². The van der Waals surface area contributed by atoms with Gasteiger partial charge < -0.3 is 10.1 Å². The fourth-order valence-electron chi connectivity index (χ4n) is 3.01. The number of hydrogen-bond acceptors (Lipinski definition) is 6. The first-order valence-electron chi connectivity index (χ1n) is 8.24. The van der Waals surface area contributed by atoms with Crippen molar-refractivity contribution < 1.29 is 4.74 Å². The average Bonchev–Trinajstić information content (AvgIpc) is 3.07. The molecule has 24 heavy (non-hydrogen) atoms. The Morgan fingerprint density at radius 3 is 3.04 bits per heavy atom. The van der Waals surface area contributed by atoms with Gasteiger partial charge in [0.25, 0.3) is 0 Å². The van der Waals surface area contributed by atoms with E-state index < -0.39 is 0 Å². The Morgan fingerprint density at radius 1 is 1.33 bits per heavy atom. The molecule has 0 saturated carbocycles. The smallest absolute Gasteiger partial charge is 0.242 e. The predicted molar refractivity (Wildman–Crippen MR) is 90.6 cm³/mol. The van der Waals surface area contributed by atoms with E-state index in [0.29, 0.717) is 23.9 Å². The molecule has 0 unspecified atom stereocenters. The van der Waals surface area contributed by atoms with Gasteiger partial charge in [-0.05, 0) is 25.5 Å². The van der Waals surface area contributed by atoms with Gasteiger partial charge in [0.15, 0.2) is 5.52 Å². The van der Waals surface area contributed by atoms with E-state index in [2.05, 4.69) is 25.4 Å². The van der Waals surface area contributed by atoms with Crippen LogP contribution in [0.4, 0.5) is 0 Å². The van der Waals surface area contributed by atoms with E-state index >= 15 is 0 Å². The molecule has 0 aliphatic carbocycles. The number of rotatable bonds is 4. The number of piperidine rings is 1. The standard InChI is InChI=1S/C17H20N6O/c1-23-10-13(9-21-23)14-7-15-16(20-6-5-19-15)17(22-14)24-11-12-3-2-4-18-8-12/h5-7,9-10,12,18H,2-4,8,11H2,1H3/t12-/m0/s1. The van der Waals surface area contributed by atoms with Crippen molar-refractivity contribution in [2.45, 2.75) is 12.8 Å². The lowest BCUT2D eigenvalue weighted by Gasteiger charge is -2.22. The minimum Gasteiger partial charge on any atom is -0.476 e. The van der Waals surface area contributed by atoms with Crippen LogP contribution in [-0.4, -0.2) is 44.4 Å². The molecule has 3 aromatic rings. The van der Waals surface area contributed by atoms with Gasteiger partial charge in [-0.1, -0.05) is 0 Å². The summed E-state index contributed by atoms with van der Waals surface area (Å²) in [7, 11) is 1.89. The lowest BCUT2D eigenvalue weighted by molar-refractivity contribution is 0.214. The molecule has 3 aromatic heterocycles. The van der Waals surface area contributed by atoms with Gasteiger partial charge in [-0.3, -0.25) is 9.67 Å². The maximum absolute atomic E-state index is 6.05. The van der Waals surface area contributed by atoms with Crippen molar-refractivity contribution in [1.82, 2.24) is 30.0 Å². The molecule has 7 heteroatoms. The molecule has 1 saturated heterocycles. The fraction of sp³-hybridized carbons (Fsp3) is 0.412. The van der Waals surface area contributed by atoms with Crippen molar-refractivity contribution >= 4 is 11.0 Å². The zero-order chi connectivity index (χ0) is 16.4. The molecule has 1 aliphatic heterocycles. The third-order valence-corrected chi connectivity index (χ3v) is 4.28. The minimum atomic E-state index is 0.509. The summed E-state index contributed by atoms with van der Waals surface area (Å²) < 4.78 is 7.80. The lowest BCUT2D eigenvalue weighted by Crippen LogP contribution is -2.33.